The first kappa shape index (κ1) is 26.0. The number of carbonyl (C=O) groups is 4. The number of carbonyl (C=O) groups excluding carboxylic acids is 3. The smallest absolute Gasteiger partial charge is 0.352 e. The van der Waals surface area contributed by atoms with Crippen molar-refractivity contribution in [1.29, 1.82) is 0 Å². The normalized spacial score (nSPS) is 18.5. The van der Waals surface area contributed by atoms with Gasteiger partial charge in [-0.05, 0) is 18.2 Å². The second kappa shape index (κ2) is 10.5. The molecule has 2 N–H and O–H groups in total. The fourth-order valence-corrected chi connectivity index (χ4v) is 5.20. The van der Waals surface area contributed by atoms with Crippen molar-refractivity contribution in [2.24, 2.45) is 0 Å². The van der Waals surface area contributed by atoms with Gasteiger partial charge in [0.15, 0.2) is 5.76 Å². The van der Waals surface area contributed by atoms with Crippen molar-refractivity contribution in [3.8, 4) is 5.75 Å². The van der Waals surface area contributed by atoms with Crippen molar-refractivity contribution in [3.63, 3.8) is 0 Å². The molecule has 2 aliphatic rings. The van der Waals surface area contributed by atoms with Crippen LogP contribution >= 0.6 is 23.4 Å². The standard InChI is InChI=1S/C22H18ClN3O10S/c1-10(27)34-7-11-9-37-21-17(20(29)25(21)18(11)22(30)31)24-19(28)16-5-3-13(36-16)8-35-15-4-2-12(26(32)33)6-14(15)23/h2-6,17,21H,7-9H2,1H3,(H,24,28)(H,30,31)/t17-,21-/m0/s1. The van der Waals surface area contributed by atoms with Crippen molar-refractivity contribution in [1.82, 2.24) is 10.2 Å². The molecule has 2 aliphatic heterocycles. The molecular formula is C22H18ClN3O10S. The van der Waals surface area contributed by atoms with Crippen LogP contribution in [0.5, 0.6) is 5.75 Å². The molecule has 0 aliphatic carbocycles. The first-order chi connectivity index (χ1) is 17.6. The zero-order chi connectivity index (χ0) is 26.9. The van der Waals surface area contributed by atoms with Crippen molar-refractivity contribution in [3.05, 3.63) is 68.3 Å². The van der Waals surface area contributed by atoms with E-state index >= 15 is 0 Å². The molecule has 13 nitrogen and oxygen atoms in total. The number of furan rings is 1. The number of hydrogen-bond donors (Lipinski definition) is 2. The molecule has 1 aromatic heterocycles. The molecule has 0 radical (unpaired) electrons. The van der Waals surface area contributed by atoms with Gasteiger partial charge < -0.3 is 24.3 Å². The Morgan fingerprint density at radius 3 is 2.70 bits per heavy atom. The monoisotopic (exact) mass is 551 g/mol. The van der Waals surface area contributed by atoms with Crippen LogP contribution in [-0.4, -0.2) is 62.5 Å². The number of esters is 1. The molecular weight excluding hydrogens is 534 g/mol. The number of carboxylic acid groups (broad SMARTS) is 1. The van der Waals surface area contributed by atoms with Gasteiger partial charge in [-0.3, -0.25) is 29.4 Å². The van der Waals surface area contributed by atoms with Crippen LogP contribution in [0.4, 0.5) is 5.69 Å². The maximum Gasteiger partial charge on any atom is 0.352 e. The van der Waals surface area contributed by atoms with Crippen molar-refractivity contribution in [2.75, 3.05) is 12.4 Å². The number of fused-ring (bicyclic) bond motifs is 1. The maximum absolute atomic E-state index is 12.7. The second-order valence-corrected chi connectivity index (χ2v) is 9.34. The molecule has 1 saturated heterocycles. The number of nitrogens with one attached hydrogen (secondary N) is 1. The molecule has 2 atom stereocenters. The van der Waals surface area contributed by atoms with E-state index in [1.807, 2.05) is 0 Å². The number of β-lactam (4-membered cyclic amide) rings is 1. The maximum atomic E-state index is 12.7. The number of amides is 2. The molecule has 15 heteroatoms. The highest BCUT2D eigenvalue weighted by Gasteiger charge is 2.54. The average molecular weight is 552 g/mol. The van der Waals surface area contributed by atoms with Gasteiger partial charge in [0.1, 0.15) is 41.8 Å². The Kier molecular flexibility index (Phi) is 7.40. The fourth-order valence-electron chi connectivity index (χ4n) is 3.64. The van der Waals surface area contributed by atoms with Crippen LogP contribution in [0.25, 0.3) is 0 Å². The van der Waals surface area contributed by atoms with Gasteiger partial charge >= 0.3 is 11.9 Å². The lowest BCUT2D eigenvalue weighted by atomic mass is 10.0. The third kappa shape index (κ3) is 5.39. The van der Waals surface area contributed by atoms with E-state index < -0.39 is 40.1 Å². The van der Waals surface area contributed by atoms with Crippen LogP contribution < -0.4 is 10.1 Å². The van der Waals surface area contributed by atoms with Gasteiger partial charge in [-0.2, -0.15) is 0 Å². The Morgan fingerprint density at radius 1 is 1.30 bits per heavy atom. The number of nitrogens with zero attached hydrogens (tertiary/aromatic N) is 2. The Balaban J connectivity index is 1.37. The summed E-state index contributed by atoms with van der Waals surface area (Å²) >= 11 is 7.22. The van der Waals surface area contributed by atoms with E-state index in [2.05, 4.69) is 5.32 Å². The first-order valence-corrected chi connectivity index (χ1v) is 12.0. The minimum absolute atomic E-state index is 0.0301. The number of ether oxygens (including phenoxy) is 2. The van der Waals surface area contributed by atoms with E-state index in [4.69, 9.17) is 25.5 Å². The zero-order valence-corrected chi connectivity index (χ0v) is 20.5. The van der Waals surface area contributed by atoms with Gasteiger partial charge in [-0.1, -0.05) is 11.6 Å². The number of nitro groups is 1. The topological polar surface area (TPSA) is 179 Å². The molecule has 1 fully saturated rings. The highest BCUT2D eigenvalue weighted by Crippen LogP contribution is 2.40. The lowest BCUT2D eigenvalue weighted by Crippen LogP contribution is -2.70. The summed E-state index contributed by atoms with van der Waals surface area (Å²) in [6, 6.07) is 5.58. The summed E-state index contributed by atoms with van der Waals surface area (Å²) in [7, 11) is 0. The highest BCUT2D eigenvalue weighted by atomic mass is 35.5. The third-order valence-electron chi connectivity index (χ3n) is 5.37. The Hall–Kier alpha value is -4.04. The number of thioether (sulfide) groups is 1. The number of nitro benzene ring substituents is 1. The largest absolute Gasteiger partial charge is 0.484 e. The zero-order valence-electron chi connectivity index (χ0n) is 19.0. The predicted molar refractivity (Wildman–Crippen MR) is 127 cm³/mol. The molecule has 2 amide bonds. The van der Waals surface area contributed by atoms with Crippen LogP contribution in [0.15, 0.2) is 46.0 Å². The first-order valence-electron chi connectivity index (χ1n) is 10.6. The summed E-state index contributed by atoms with van der Waals surface area (Å²) in [5.74, 6) is -2.71. The second-order valence-electron chi connectivity index (χ2n) is 7.82. The molecule has 0 unspecified atom stereocenters. The van der Waals surface area contributed by atoms with Crippen molar-refractivity contribution in [2.45, 2.75) is 24.9 Å². The molecule has 1 aromatic carbocycles. The predicted octanol–water partition coefficient (Wildman–Crippen LogP) is 2.34. The summed E-state index contributed by atoms with van der Waals surface area (Å²) in [6.45, 7) is 0.814. The minimum atomic E-state index is -1.34. The Bertz CT molecular complexity index is 1340. The molecule has 0 spiro atoms. The van der Waals surface area contributed by atoms with Crippen molar-refractivity contribution >= 4 is 52.8 Å². The summed E-state index contributed by atoms with van der Waals surface area (Å²) in [5, 5.41) is 22.3. The quantitative estimate of drug-likeness (QED) is 0.202. The van der Waals surface area contributed by atoms with Crippen LogP contribution in [0.1, 0.15) is 23.2 Å². The molecule has 2 aromatic rings. The third-order valence-corrected chi connectivity index (χ3v) is 7.00. The van der Waals surface area contributed by atoms with Gasteiger partial charge in [0, 0.05) is 30.4 Å². The number of hydrogen-bond acceptors (Lipinski definition) is 10. The van der Waals surface area contributed by atoms with Crippen LogP contribution in [0.3, 0.4) is 0 Å². The highest BCUT2D eigenvalue weighted by molar-refractivity contribution is 8.00. The van der Waals surface area contributed by atoms with Crippen LogP contribution in [-0.2, 0) is 25.7 Å². The van der Waals surface area contributed by atoms with E-state index in [1.54, 1.807) is 0 Å². The van der Waals surface area contributed by atoms with E-state index in [0.717, 1.165) is 11.0 Å². The molecule has 0 bridgehead atoms. The van der Waals surface area contributed by atoms with Gasteiger partial charge in [0.05, 0.1) is 9.95 Å². The minimum Gasteiger partial charge on any atom is -0.484 e. The molecule has 37 heavy (non-hydrogen) atoms. The van der Waals surface area contributed by atoms with Gasteiger partial charge in [-0.25, -0.2) is 4.79 Å². The number of carboxylic acids is 1. The number of non-ortho nitro benzene ring substituents is 1. The molecule has 0 saturated carbocycles. The summed E-state index contributed by atoms with van der Waals surface area (Å²) < 4.78 is 15.9. The molecule has 3 heterocycles. The van der Waals surface area contributed by atoms with Crippen molar-refractivity contribution < 1.29 is 43.1 Å². The number of aliphatic carboxylic acids is 1. The van der Waals surface area contributed by atoms with Crippen LogP contribution in [0, 0.1) is 10.1 Å². The SMILES string of the molecule is CC(=O)OCC1=C(C(=O)O)N2C(=O)[C@H](NC(=O)c3ccc(COc4ccc([N+](=O)[O-])cc4Cl)o3)[C@@H]2SC1. The number of benzene rings is 1. The molecule has 194 valence electrons. The Labute approximate surface area is 217 Å². The number of rotatable bonds is 9. The van der Waals surface area contributed by atoms with Crippen LogP contribution in [0.2, 0.25) is 5.02 Å². The summed E-state index contributed by atoms with van der Waals surface area (Å²) in [5.41, 5.74) is -0.171. The lowest BCUT2D eigenvalue weighted by Gasteiger charge is -2.49. The van der Waals surface area contributed by atoms with Gasteiger partial charge in [0.25, 0.3) is 17.5 Å². The lowest BCUT2D eigenvalue weighted by molar-refractivity contribution is -0.384. The number of halogens is 1. The van der Waals surface area contributed by atoms with E-state index in [-0.39, 0.29) is 58.2 Å². The van der Waals surface area contributed by atoms with E-state index in [1.165, 1.54) is 43.0 Å². The van der Waals surface area contributed by atoms with Gasteiger partial charge in [-0.15, -0.1) is 11.8 Å². The fraction of sp³-hybridized carbons (Fsp3) is 0.273. The van der Waals surface area contributed by atoms with Gasteiger partial charge in [0.2, 0.25) is 0 Å². The molecule has 4 rings (SSSR count). The summed E-state index contributed by atoms with van der Waals surface area (Å²) in [6.07, 6.45) is 0. The summed E-state index contributed by atoms with van der Waals surface area (Å²) in [4.78, 5) is 59.5. The Morgan fingerprint density at radius 2 is 2.05 bits per heavy atom. The van der Waals surface area contributed by atoms with E-state index in [9.17, 15) is 34.4 Å². The average Bonchev–Trinajstić information content (AvgIpc) is 3.33. The van der Waals surface area contributed by atoms with E-state index in [0.29, 0.717) is 0 Å².